The summed E-state index contributed by atoms with van der Waals surface area (Å²) in [6, 6.07) is 0. The van der Waals surface area contributed by atoms with Crippen LogP contribution in [0.3, 0.4) is 0 Å². The number of aliphatic hydroxyl groups excluding tert-OH is 3. The topological polar surface area (TPSA) is 134 Å². The lowest BCUT2D eigenvalue weighted by molar-refractivity contribution is -0.222. The minimum Gasteiger partial charge on any atom is -0.388 e. The number of aliphatic hydroxyl groups is 3. The van der Waals surface area contributed by atoms with Crippen LogP contribution in [0.2, 0.25) is 0 Å². The van der Waals surface area contributed by atoms with Crippen molar-refractivity contribution in [1.29, 1.82) is 0 Å². The van der Waals surface area contributed by atoms with Crippen LogP contribution in [0.4, 0.5) is 0 Å². The highest BCUT2D eigenvalue weighted by atomic mass is 32.3. The molecule has 1 rings (SSSR count). The molecule has 0 aliphatic carbocycles. The summed E-state index contributed by atoms with van der Waals surface area (Å²) in [6.45, 7) is 0.800. The molecule has 96 valence electrons. The third-order valence-corrected chi connectivity index (χ3v) is 2.77. The van der Waals surface area contributed by atoms with E-state index in [0.717, 1.165) is 0 Å². The van der Waals surface area contributed by atoms with Crippen molar-refractivity contribution in [3.8, 4) is 0 Å². The van der Waals surface area contributed by atoms with E-state index in [1.165, 1.54) is 6.92 Å². The van der Waals surface area contributed by atoms with Gasteiger partial charge in [-0.3, -0.25) is 4.55 Å². The predicted octanol–water partition coefficient (Wildman–Crippen LogP) is -2.32. The lowest BCUT2D eigenvalue weighted by atomic mass is 9.96. The Morgan fingerprint density at radius 3 is 2.25 bits per heavy atom. The van der Waals surface area contributed by atoms with E-state index < -0.39 is 47.5 Å². The highest BCUT2D eigenvalue weighted by Crippen LogP contribution is 2.21. The fourth-order valence-electron chi connectivity index (χ4n) is 1.43. The molecule has 0 amide bonds. The van der Waals surface area contributed by atoms with Gasteiger partial charge in [0, 0.05) is 0 Å². The van der Waals surface area contributed by atoms with Crippen LogP contribution in [-0.2, 0) is 19.3 Å². The molecule has 1 heterocycles. The number of rotatable bonds is 3. The van der Waals surface area contributed by atoms with Gasteiger partial charge in [0.2, 0.25) is 0 Å². The second-order valence-electron chi connectivity index (χ2n) is 3.56. The zero-order chi connectivity index (χ0) is 12.5. The Bertz CT molecular complexity index is 327. The highest BCUT2D eigenvalue weighted by molar-refractivity contribution is 7.80. The zero-order valence-corrected chi connectivity index (χ0v) is 9.24. The van der Waals surface area contributed by atoms with Crippen molar-refractivity contribution >= 4 is 10.4 Å². The summed E-state index contributed by atoms with van der Waals surface area (Å²) in [4.78, 5) is 0. The Kier molecular flexibility index (Phi) is 4.23. The Morgan fingerprint density at radius 2 is 1.75 bits per heavy atom. The van der Waals surface area contributed by atoms with Crippen LogP contribution in [0, 0.1) is 0 Å². The van der Waals surface area contributed by atoms with Crippen LogP contribution in [0.1, 0.15) is 6.92 Å². The van der Waals surface area contributed by atoms with Gasteiger partial charge < -0.3 is 20.1 Å². The molecule has 0 radical (unpaired) electrons. The van der Waals surface area contributed by atoms with Gasteiger partial charge >= 0.3 is 10.4 Å². The van der Waals surface area contributed by atoms with E-state index >= 15 is 0 Å². The molecule has 0 aromatic carbocycles. The number of ether oxygens (including phenoxy) is 1. The van der Waals surface area contributed by atoms with Crippen molar-refractivity contribution in [3.05, 3.63) is 0 Å². The average molecular weight is 258 g/mol. The minimum atomic E-state index is -4.63. The van der Waals surface area contributed by atoms with Gasteiger partial charge in [-0.05, 0) is 6.92 Å². The first kappa shape index (κ1) is 13.8. The molecule has 4 N–H and O–H groups in total. The molecule has 1 aliphatic heterocycles. The molecule has 5 unspecified atom stereocenters. The van der Waals surface area contributed by atoms with Crippen LogP contribution >= 0.6 is 0 Å². The van der Waals surface area contributed by atoms with Crippen molar-refractivity contribution in [2.45, 2.75) is 37.4 Å². The molecule has 0 aromatic heterocycles. The summed E-state index contributed by atoms with van der Waals surface area (Å²) in [5.41, 5.74) is 0. The lowest BCUT2D eigenvalue weighted by Gasteiger charge is -2.38. The van der Waals surface area contributed by atoms with Crippen LogP contribution < -0.4 is 0 Å². The predicted molar refractivity (Wildman–Crippen MR) is 49.9 cm³/mol. The van der Waals surface area contributed by atoms with Crippen molar-refractivity contribution in [3.63, 3.8) is 0 Å². The van der Waals surface area contributed by atoms with E-state index in [0.29, 0.717) is 0 Å². The highest BCUT2D eigenvalue weighted by Gasteiger charge is 2.42. The third kappa shape index (κ3) is 3.35. The van der Waals surface area contributed by atoms with Crippen LogP contribution in [0.15, 0.2) is 0 Å². The standard InChI is InChI=1S/C7H14O8S/c1-3-5(8)7(10)6(9)4(15-3)2-14-16(11,12)13/h3-10H,2H2,1H3,(H,11,12,13). The molecule has 0 aromatic rings. The molecular formula is C7H14O8S. The van der Waals surface area contributed by atoms with E-state index in [1.807, 2.05) is 0 Å². The van der Waals surface area contributed by atoms with Gasteiger partial charge in [0.15, 0.2) is 0 Å². The molecule has 0 saturated carbocycles. The first-order valence-corrected chi connectivity index (χ1v) is 5.90. The second kappa shape index (κ2) is 4.92. The molecule has 9 heteroatoms. The van der Waals surface area contributed by atoms with Gasteiger partial charge in [-0.2, -0.15) is 8.42 Å². The Balaban J connectivity index is 2.61. The summed E-state index contributed by atoms with van der Waals surface area (Å²) in [5, 5.41) is 28.1. The Hall–Kier alpha value is -0.290. The van der Waals surface area contributed by atoms with Crippen LogP contribution in [-0.4, -0.2) is 65.4 Å². The maximum absolute atomic E-state index is 10.3. The quantitative estimate of drug-likeness (QED) is 0.414. The average Bonchev–Trinajstić information content (AvgIpc) is 2.17. The van der Waals surface area contributed by atoms with Gasteiger partial charge in [-0.1, -0.05) is 0 Å². The molecule has 8 nitrogen and oxygen atoms in total. The van der Waals surface area contributed by atoms with Crippen molar-refractivity contribution in [1.82, 2.24) is 0 Å². The Morgan fingerprint density at radius 1 is 1.19 bits per heavy atom. The minimum absolute atomic E-state index is 0.645. The van der Waals surface area contributed by atoms with Crippen molar-refractivity contribution < 1.29 is 37.2 Å². The zero-order valence-electron chi connectivity index (χ0n) is 8.42. The molecular weight excluding hydrogens is 244 g/mol. The Labute approximate surface area is 92.4 Å². The van der Waals surface area contributed by atoms with Gasteiger partial charge in [0.25, 0.3) is 0 Å². The van der Waals surface area contributed by atoms with Gasteiger partial charge in [-0.15, -0.1) is 0 Å². The van der Waals surface area contributed by atoms with E-state index in [9.17, 15) is 23.7 Å². The fourth-order valence-corrected chi connectivity index (χ4v) is 1.73. The summed E-state index contributed by atoms with van der Waals surface area (Å²) in [5.74, 6) is 0. The monoisotopic (exact) mass is 258 g/mol. The molecule has 1 saturated heterocycles. The molecule has 1 fully saturated rings. The molecule has 1 aliphatic rings. The van der Waals surface area contributed by atoms with Gasteiger partial charge in [0.05, 0.1) is 12.7 Å². The summed E-state index contributed by atoms with van der Waals surface area (Å²) < 4.78 is 37.9. The summed E-state index contributed by atoms with van der Waals surface area (Å²) in [7, 11) is -4.63. The van der Waals surface area contributed by atoms with Crippen LogP contribution in [0.25, 0.3) is 0 Å². The van der Waals surface area contributed by atoms with Crippen LogP contribution in [0.5, 0.6) is 0 Å². The smallest absolute Gasteiger partial charge is 0.388 e. The molecule has 16 heavy (non-hydrogen) atoms. The largest absolute Gasteiger partial charge is 0.397 e. The number of hydrogen-bond donors (Lipinski definition) is 4. The normalized spacial score (nSPS) is 40.9. The summed E-state index contributed by atoms with van der Waals surface area (Å²) >= 11 is 0. The number of hydrogen-bond acceptors (Lipinski definition) is 7. The van der Waals surface area contributed by atoms with Gasteiger partial charge in [-0.25, -0.2) is 4.18 Å². The molecule has 0 spiro atoms. The van der Waals surface area contributed by atoms with Crippen molar-refractivity contribution in [2.24, 2.45) is 0 Å². The molecule has 5 atom stereocenters. The third-order valence-electron chi connectivity index (χ3n) is 2.33. The van der Waals surface area contributed by atoms with Crippen molar-refractivity contribution in [2.75, 3.05) is 6.61 Å². The maximum atomic E-state index is 10.3. The van der Waals surface area contributed by atoms with E-state index in [-0.39, 0.29) is 0 Å². The first-order valence-electron chi connectivity index (χ1n) is 4.54. The second-order valence-corrected chi connectivity index (χ2v) is 4.65. The lowest BCUT2D eigenvalue weighted by Crippen LogP contribution is -2.57. The van der Waals surface area contributed by atoms with E-state index in [4.69, 9.17) is 9.29 Å². The van der Waals surface area contributed by atoms with E-state index in [2.05, 4.69) is 4.18 Å². The first-order chi connectivity index (χ1) is 7.22. The maximum Gasteiger partial charge on any atom is 0.397 e. The van der Waals surface area contributed by atoms with E-state index in [1.54, 1.807) is 0 Å². The van der Waals surface area contributed by atoms with Gasteiger partial charge in [0.1, 0.15) is 24.4 Å². The fraction of sp³-hybridized carbons (Fsp3) is 1.00. The molecule has 0 bridgehead atoms. The SMILES string of the molecule is CC1OC(COS(=O)(=O)O)C(O)C(O)C1O. The summed E-state index contributed by atoms with van der Waals surface area (Å²) in [6.07, 6.45) is -6.15.